The lowest BCUT2D eigenvalue weighted by molar-refractivity contribution is 0.431. The van der Waals surface area contributed by atoms with E-state index in [1.54, 1.807) is 6.20 Å². The Morgan fingerprint density at radius 3 is 2.86 bits per heavy atom. The van der Waals surface area contributed by atoms with Crippen molar-refractivity contribution >= 4 is 23.4 Å². The van der Waals surface area contributed by atoms with Gasteiger partial charge in [-0.2, -0.15) is 5.10 Å². The number of fused-ring (bicyclic) bond motifs is 1. The minimum Gasteiger partial charge on any atom is -0.311 e. The molecule has 0 spiro atoms. The third-order valence-corrected chi connectivity index (χ3v) is 5.52. The first-order valence-corrected chi connectivity index (χ1v) is 8.61. The van der Waals surface area contributed by atoms with Gasteiger partial charge in [0.1, 0.15) is 0 Å². The van der Waals surface area contributed by atoms with E-state index in [2.05, 4.69) is 48.5 Å². The lowest BCUT2D eigenvalue weighted by Crippen LogP contribution is -2.27. The van der Waals surface area contributed by atoms with Gasteiger partial charge in [0.05, 0.1) is 23.0 Å². The first-order valence-electron chi connectivity index (χ1n) is 7.25. The van der Waals surface area contributed by atoms with Crippen LogP contribution in [0.1, 0.15) is 43.1 Å². The monoisotopic (exact) mass is 321 g/mol. The van der Waals surface area contributed by atoms with Crippen molar-refractivity contribution in [2.75, 3.05) is 12.8 Å². The van der Waals surface area contributed by atoms with Crippen molar-refractivity contribution in [1.82, 2.24) is 15.1 Å². The normalized spacial score (nSPS) is 19.0. The van der Waals surface area contributed by atoms with Crippen molar-refractivity contribution < 1.29 is 0 Å². The second kappa shape index (κ2) is 6.03. The first kappa shape index (κ1) is 14.9. The van der Waals surface area contributed by atoms with Gasteiger partial charge in [-0.3, -0.25) is 4.68 Å². The Morgan fingerprint density at radius 1 is 1.38 bits per heavy atom. The van der Waals surface area contributed by atoms with Crippen LogP contribution in [0, 0.1) is 0 Å². The average Bonchev–Trinajstić information content (AvgIpc) is 3.06. The standard InChI is InChI=1S/C16H20ClN3S/c1-10(2)20-16(13(17)8-19-20)15(18-3)12-9-21-14-7-5-4-6-11(12)14/h4-8,10,12,15,18H,9H2,1-3H3. The van der Waals surface area contributed by atoms with E-state index < -0.39 is 0 Å². The molecule has 2 unspecified atom stereocenters. The smallest absolute Gasteiger partial charge is 0.0834 e. The molecule has 2 atom stereocenters. The Hall–Kier alpha value is -0.970. The van der Waals surface area contributed by atoms with Gasteiger partial charge >= 0.3 is 0 Å². The maximum absolute atomic E-state index is 6.44. The van der Waals surface area contributed by atoms with Crippen molar-refractivity contribution in [3.8, 4) is 0 Å². The summed E-state index contributed by atoms with van der Waals surface area (Å²) in [5, 5.41) is 8.66. The minimum atomic E-state index is 0.179. The van der Waals surface area contributed by atoms with Crippen molar-refractivity contribution in [2.24, 2.45) is 0 Å². The fourth-order valence-electron chi connectivity index (χ4n) is 3.05. The number of thioether (sulfide) groups is 1. The number of hydrogen-bond acceptors (Lipinski definition) is 3. The predicted molar refractivity (Wildman–Crippen MR) is 89.3 cm³/mol. The number of likely N-dealkylation sites (N-methyl/N-ethyl adjacent to an activating group) is 1. The molecule has 0 aliphatic carbocycles. The molecule has 2 heterocycles. The van der Waals surface area contributed by atoms with Crippen LogP contribution in [0.15, 0.2) is 35.4 Å². The van der Waals surface area contributed by atoms with Crippen molar-refractivity contribution in [2.45, 2.75) is 36.7 Å². The number of nitrogens with one attached hydrogen (secondary N) is 1. The van der Waals surface area contributed by atoms with Gasteiger partial charge in [0.15, 0.2) is 0 Å². The van der Waals surface area contributed by atoms with Crippen LogP contribution < -0.4 is 5.32 Å². The van der Waals surface area contributed by atoms with Gasteiger partial charge in [-0.25, -0.2) is 0 Å². The lowest BCUT2D eigenvalue weighted by Gasteiger charge is -2.26. The Bertz CT molecular complexity index is 638. The third kappa shape index (κ3) is 2.60. The van der Waals surface area contributed by atoms with E-state index in [1.165, 1.54) is 10.5 Å². The molecule has 0 saturated heterocycles. The van der Waals surface area contributed by atoms with E-state index in [0.717, 1.165) is 16.5 Å². The molecule has 1 aromatic carbocycles. The molecule has 1 aliphatic rings. The van der Waals surface area contributed by atoms with Crippen LogP contribution in [0.3, 0.4) is 0 Å². The molecule has 1 N–H and O–H groups in total. The topological polar surface area (TPSA) is 29.9 Å². The lowest BCUT2D eigenvalue weighted by atomic mass is 9.91. The molecule has 3 rings (SSSR count). The highest BCUT2D eigenvalue weighted by Crippen LogP contribution is 2.46. The number of halogens is 1. The van der Waals surface area contributed by atoms with E-state index in [4.69, 9.17) is 11.6 Å². The Morgan fingerprint density at radius 2 is 2.14 bits per heavy atom. The molecule has 0 radical (unpaired) electrons. The molecular weight excluding hydrogens is 302 g/mol. The summed E-state index contributed by atoms with van der Waals surface area (Å²) in [6.45, 7) is 4.27. The van der Waals surface area contributed by atoms with Gasteiger partial charge in [-0.15, -0.1) is 11.8 Å². The van der Waals surface area contributed by atoms with Crippen LogP contribution in [0.25, 0.3) is 0 Å². The summed E-state index contributed by atoms with van der Waals surface area (Å²) < 4.78 is 2.04. The van der Waals surface area contributed by atoms with Gasteiger partial charge in [-0.1, -0.05) is 29.8 Å². The largest absolute Gasteiger partial charge is 0.311 e. The molecule has 3 nitrogen and oxygen atoms in total. The maximum atomic E-state index is 6.44. The minimum absolute atomic E-state index is 0.179. The van der Waals surface area contributed by atoms with Crippen LogP contribution in [0.5, 0.6) is 0 Å². The second-order valence-corrected chi connectivity index (χ2v) is 7.11. The van der Waals surface area contributed by atoms with Crippen molar-refractivity contribution in [3.63, 3.8) is 0 Å². The van der Waals surface area contributed by atoms with E-state index in [0.29, 0.717) is 12.0 Å². The van der Waals surface area contributed by atoms with Crippen molar-refractivity contribution in [3.05, 3.63) is 46.7 Å². The van der Waals surface area contributed by atoms with Gasteiger partial charge in [0.2, 0.25) is 0 Å². The zero-order valence-corrected chi connectivity index (χ0v) is 14.1. The second-order valence-electron chi connectivity index (χ2n) is 5.64. The van der Waals surface area contributed by atoms with Crippen LogP contribution in [0.4, 0.5) is 0 Å². The number of benzene rings is 1. The predicted octanol–water partition coefficient (Wildman–Crippen LogP) is 4.27. The summed E-state index contributed by atoms with van der Waals surface area (Å²) in [7, 11) is 2.00. The summed E-state index contributed by atoms with van der Waals surface area (Å²) in [6.07, 6.45) is 1.76. The summed E-state index contributed by atoms with van der Waals surface area (Å²) in [4.78, 5) is 1.38. The molecule has 0 fully saturated rings. The molecule has 1 aliphatic heterocycles. The highest BCUT2D eigenvalue weighted by atomic mass is 35.5. The summed E-state index contributed by atoms with van der Waals surface area (Å²) in [5.41, 5.74) is 2.51. The highest BCUT2D eigenvalue weighted by Gasteiger charge is 2.33. The Kier molecular flexibility index (Phi) is 4.29. The van der Waals surface area contributed by atoms with E-state index >= 15 is 0 Å². The molecular formula is C16H20ClN3S. The number of aromatic nitrogens is 2. The van der Waals surface area contributed by atoms with Crippen molar-refractivity contribution in [1.29, 1.82) is 0 Å². The average molecular weight is 322 g/mol. The fraction of sp³-hybridized carbons (Fsp3) is 0.438. The van der Waals surface area contributed by atoms with Crippen LogP contribution in [0.2, 0.25) is 5.02 Å². The quantitative estimate of drug-likeness (QED) is 0.912. The number of nitrogens with zero attached hydrogens (tertiary/aromatic N) is 2. The first-order chi connectivity index (χ1) is 10.1. The third-order valence-electron chi connectivity index (χ3n) is 4.02. The van der Waals surface area contributed by atoms with Gasteiger partial charge < -0.3 is 5.32 Å². The highest BCUT2D eigenvalue weighted by molar-refractivity contribution is 7.99. The molecule has 21 heavy (non-hydrogen) atoms. The van der Waals surface area contributed by atoms with Crippen LogP contribution in [-0.4, -0.2) is 22.6 Å². The zero-order chi connectivity index (χ0) is 15.0. The number of hydrogen-bond donors (Lipinski definition) is 1. The van der Waals surface area contributed by atoms with E-state index in [-0.39, 0.29) is 6.04 Å². The molecule has 0 bridgehead atoms. The molecule has 5 heteroatoms. The fourth-order valence-corrected chi connectivity index (χ4v) is 4.58. The van der Waals surface area contributed by atoms with Gasteiger partial charge in [0.25, 0.3) is 0 Å². The molecule has 2 aromatic rings. The Labute approximate surface area is 135 Å². The maximum Gasteiger partial charge on any atom is 0.0834 e. The summed E-state index contributed by atoms with van der Waals surface area (Å²) in [6, 6.07) is 9.13. The van der Waals surface area contributed by atoms with E-state index in [1.807, 2.05) is 23.5 Å². The van der Waals surface area contributed by atoms with Gasteiger partial charge in [0, 0.05) is 22.6 Å². The van der Waals surface area contributed by atoms with E-state index in [9.17, 15) is 0 Å². The van der Waals surface area contributed by atoms with Crippen LogP contribution >= 0.6 is 23.4 Å². The molecule has 112 valence electrons. The molecule has 1 aromatic heterocycles. The summed E-state index contributed by atoms with van der Waals surface area (Å²) >= 11 is 8.36. The Balaban J connectivity index is 2.03. The molecule has 0 saturated carbocycles. The van der Waals surface area contributed by atoms with Crippen LogP contribution in [-0.2, 0) is 0 Å². The van der Waals surface area contributed by atoms with Gasteiger partial charge in [-0.05, 0) is 32.5 Å². The SMILES string of the molecule is CNC(c1c(Cl)cnn1C(C)C)C1CSc2ccccc21. The molecule has 0 amide bonds. The summed E-state index contributed by atoms with van der Waals surface area (Å²) in [5.74, 6) is 1.49. The number of rotatable bonds is 4. The zero-order valence-electron chi connectivity index (χ0n) is 12.5.